The number of halogens is 1. The van der Waals surface area contributed by atoms with Crippen molar-refractivity contribution in [2.24, 2.45) is 0 Å². The van der Waals surface area contributed by atoms with Crippen molar-refractivity contribution in [3.05, 3.63) is 34.3 Å². The molecule has 0 bridgehead atoms. The van der Waals surface area contributed by atoms with Gasteiger partial charge in [-0.1, -0.05) is 12.1 Å². The van der Waals surface area contributed by atoms with E-state index in [0.717, 1.165) is 29.5 Å². The number of rotatable bonds is 4. The summed E-state index contributed by atoms with van der Waals surface area (Å²) in [6.45, 7) is 4.23. The van der Waals surface area contributed by atoms with E-state index in [9.17, 15) is 4.79 Å². The summed E-state index contributed by atoms with van der Waals surface area (Å²) >= 11 is 3.43. The topological polar surface area (TPSA) is 29.5 Å². The normalized spacial score (nSPS) is 18.9. The Balaban J connectivity index is 2.07. The van der Waals surface area contributed by atoms with E-state index < -0.39 is 0 Å². The van der Waals surface area contributed by atoms with Crippen molar-refractivity contribution in [3.8, 4) is 0 Å². The van der Waals surface area contributed by atoms with E-state index in [-0.39, 0.29) is 12.0 Å². The van der Waals surface area contributed by atoms with Crippen molar-refractivity contribution in [2.75, 3.05) is 19.7 Å². The molecule has 2 rings (SSSR count). The third kappa shape index (κ3) is 3.12. The third-order valence-corrected chi connectivity index (χ3v) is 3.91. The van der Waals surface area contributed by atoms with Gasteiger partial charge in [-0.15, -0.1) is 0 Å². The number of benzene rings is 1. The van der Waals surface area contributed by atoms with E-state index in [1.54, 1.807) is 0 Å². The number of ether oxygens (including phenoxy) is 1. The molecule has 1 amide bonds. The molecule has 1 aliphatic rings. The minimum absolute atomic E-state index is 0.0699. The molecule has 1 fully saturated rings. The Bertz CT molecular complexity index is 416. The maximum atomic E-state index is 12.4. The van der Waals surface area contributed by atoms with E-state index in [1.165, 1.54) is 0 Å². The molecule has 1 aromatic rings. The lowest BCUT2D eigenvalue weighted by Gasteiger charge is -2.24. The molecular weight excluding hydrogens is 294 g/mol. The number of nitrogens with zero attached hydrogens (tertiary/aromatic N) is 1. The molecule has 1 aromatic carbocycles. The molecule has 0 aliphatic carbocycles. The lowest BCUT2D eigenvalue weighted by atomic mass is 10.1. The summed E-state index contributed by atoms with van der Waals surface area (Å²) in [6.07, 6.45) is 2.36. The summed E-state index contributed by atoms with van der Waals surface area (Å²) in [5, 5.41) is 0. The Morgan fingerprint density at radius 2 is 2.28 bits per heavy atom. The van der Waals surface area contributed by atoms with E-state index in [1.807, 2.05) is 36.1 Å². The number of carbonyl (C=O) groups is 1. The Morgan fingerprint density at radius 3 is 2.89 bits per heavy atom. The average Bonchev–Trinajstić information content (AvgIpc) is 2.88. The Labute approximate surface area is 116 Å². The zero-order valence-electron chi connectivity index (χ0n) is 10.6. The monoisotopic (exact) mass is 311 g/mol. The van der Waals surface area contributed by atoms with Crippen molar-refractivity contribution in [3.63, 3.8) is 0 Å². The van der Waals surface area contributed by atoms with E-state index in [2.05, 4.69) is 15.9 Å². The molecule has 0 radical (unpaired) electrons. The predicted octanol–water partition coefficient (Wildman–Crippen LogP) is 3.09. The smallest absolute Gasteiger partial charge is 0.255 e. The lowest BCUT2D eigenvalue weighted by Crippen LogP contribution is -2.37. The summed E-state index contributed by atoms with van der Waals surface area (Å²) in [7, 11) is 0. The number of amides is 1. The van der Waals surface area contributed by atoms with Gasteiger partial charge in [-0.05, 0) is 47.8 Å². The van der Waals surface area contributed by atoms with Gasteiger partial charge < -0.3 is 9.64 Å². The van der Waals surface area contributed by atoms with Gasteiger partial charge in [0.2, 0.25) is 0 Å². The Hall–Kier alpha value is -0.870. The van der Waals surface area contributed by atoms with Crippen LogP contribution in [0.5, 0.6) is 0 Å². The van der Waals surface area contributed by atoms with E-state index in [0.29, 0.717) is 13.1 Å². The Kier molecular flexibility index (Phi) is 4.78. The first-order chi connectivity index (χ1) is 8.72. The molecule has 1 saturated heterocycles. The minimum atomic E-state index is 0.0699. The number of hydrogen-bond acceptors (Lipinski definition) is 2. The van der Waals surface area contributed by atoms with Gasteiger partial charge in [-0.2, -0.15) is 0 Å². The van der Waals surface area contributed by atoms with Crippen LogP contribution in [0, 0.1) is 0 Å². The fourth-order valence-electron chi connectivity index (χ4n) is 2.19. The fraction of sp³-hybridized carbons (Fsp3) is 0.500. The molecular formula is C14H18BrNO2. The highest BCUT2D eigenvalue weighted by Gasteiger charge is 2.23. The van der Waals surface area contributed by atoms with Crippen LogP contribution in [-0.4, -0.2) is 36.6 Å². The van der Waals surface area contributed by atoms with Gasteiger partial charge in [0.1, 0.15) is 0 Å². The van der Waals surface area contributed by atoms with Crippen molar-refractivity contribution in [1.29, 1.82) is 0 Å². The zero-order valence-corrected chi connectivity index (χ0v) is 12.1. The maximum Gasteiger partial charge on any atom is 0.255 e. The highest BCUT2D eigenvalue weighted by atomic mass is 79.9. The molecule has 3 nitrogen and oxygen atoms in total. The molecule has 18 heavy (non-hydrogen) atoms. The van der Waals surface area contributed by atoms with Crippen molar-refractivity contribution < 1.29 is 9.53 Å². The second-order valence-electron chi connectivity index (χ2n) is 4.46. The number of hydrogen-bond donors (Lipinski definition) is 0. The summed E-state index contributed by atoms with van der Waals surface area (Å²) < 4.78 is 6.44. The van der Waals surface area contributed by atoms with Gasteiger partial charge in [0.25, 0.3) is 5.91 Å². The average molecular weight is 312 g/mol. The van der Waals surface area contributed by atoms with Crippen LogP contribution >= 0.6 is 15.9 Å². The maximum absolute atomic E-state index is 12.4. The first-order valence-electron chi connectivity index (χ1n) is 6.37. The SMILES string of the molecule is CCN(CC1CCCO1)C(=O)c1ccccc1Br. The molecule has 1 aliphatic heterocycles. The van der Waals surface area contributed by atoms with Crippen LogP contribution in [0.25, 0.3) is 0 Å². The van der Waals surface area contributed by atoms with Crippen LogP contribution < -0.4 is 0 Å². The van der Waals surface area contributed by atoms with Gasteiger partial charge in [-0.3, -0.25) is 4.79 Å². The molecule has 0 saturated carbocycles. The van der Waals surface area contributed by atoms with E-state index >= 15 is 0 Å². The fourth-order valence-corrected chi connectivity index (χ4v) is 2.65. The van der Waals surface area contributed by atoms with Crippen LogP contribution in [0.2, 0.25) is 0 Å². The van der Waals surface area contributed by atoms with Crippen molar-refractivity contribution in [1.82, 2.24) is 4.90 Å². The largest absolute Gasteiger partial charge is 0.376 e. The molecule has 0 aromatic heterocycles. The lowest BCUT2D eigenvalue weighted by molar-refractivity contribution is 0.0538. The molecule has 1 atom stereocenters. The highest BCUT2D eigenvalue weighted by Crippen LogP contribution is 2.19. The second kappa shape index (κ2) is 6.34. The highest BCUT2D eigenvalue weighted by molar-refractivity contribution is 9.10. The number of carbonyl (C=O) groups excluding carboxylic acids is 1. The third-order valence-electron chi connectivity index (χ3n) is 3.22. The van der Waals surface area contributed by atoms with Crippen LogP contribution in [0.3, 0.4) is 0 Å². The van der Waals surface area contributed by atoms with Gasteiger partial charge in [0.05, 0.1) is 11.7 Å². The quantitative estimate of drug-likeness (QED) is 0.855. The summed E-state index contributed by atoms with van der Waals surface area (Å²) in [6, 6.07) is 7.55. The van der Waals surface area contributed by atoms with Crippen LogP contribution in [-0.2, 0) is 4.74 Å². The van der Waals surface area contributed by atoms with Crippen LogP contribution in [0.4, 0.5) is 0 Å². The summed E-state index contributed by atoms with van der Waals surface area (Å²) in [4.78, 5) is 14.3. The summed E-state index contributed by atoms with van der Waals surface area (Å²) in [5.74, 6) is 0.0699. The number of likely N-dealkylation sites (N-methyl/N-ethyl adjacent to an activating group) is 1. The molecule has 4 heteroatoms. The molecule has 0 spiro atoms. The first-order valence-corrected chi connectivity index (χ1v) is 7.17. The Morgan fingerprint density at radius 1 is 1.50 bits per heavy atom. The predicted molar refractivity (Wildman–Crippen MR) is 74.7 cm³/mol. The van der Waals surface area contributed by atoms with Crippen LogP contribution in [0.1, 0.15) is 30.1 Å². The van der Waals surface area contributed by atoms with Gasteiger partial charge in [-0.25, -0.2) is 0 Å². The second-order valence-corrected chi connectivity index (χ2v) is 5.31. The van der Waals surface area contributed by atoms with Gasteiger partial charge in [0, 0.05) is 24.2 Å². The van der Waals surface area contributed by atoms with Crippen molar-refractivity contribution in [2.45, 2.75) is 25.9 Å². The molecule has 98 valence electrons. The van der Waals surface area contributed by atoms with Gasteiger partial charge >= 0.3 is 0 Å². The van der Waals surface area contributed by atoms with E-state index in [4.69, 9.17) is 4.74 Å². The van der Waals surface area contributed by atoms with Gasteiger partial charge in [0.15, 0.2) is 0 Å². The standard InChI is InChI=1S/C14H18BrNO2/c1-2-16(10-11-6-5-9-18-11)14(17)12-7-3-4-8-13(12)15/h3-4,7-8,11H,2,5-6,9-10H2,1H3. The summed E-state index contributed by atoms with van der Waals surface area (Å²) in [5.41, 5.74) is 0.720. The van der Waals surface area contributed by atoms with Crippen LogP contribution in [0.15, 0.2) is 28.7 Å². The molecule has 0 N–H and O–H groups in total. The molecule has 1 unspecified atom stereocenters. The first kappa shape index (κ1) is 13.6. The minimum Gasteiger partial charge on any atom is -0.376 e. The van der Waals surface area contributed by atoms with Crippen molar-refractivity contribution >= 4 is 21.8 Å². The zero-order chi connectivity index (χ0) is 13.0. The molecule has 1 heterocycles.